The number of ether oxygens (including phenoxy) is 1. The molecule has 0 amide bonds. The molecular formula is C13H14BrFN4O. The summed E-state index contributed by atoms with van der Waals surface area (Å²) in [6.07, 6.45) is 1.25. The van der Waals surface area contributed by atoms with Crippen LogP contribution in [-0.2, 0) is 0 Å². The van der Waals surface area contributed by atoms with Crippen LogP contribution in [0, 0.1) is 5.82 Å². The predicted molar refractivity (Wildman–Crippen MR) is 79.6 cm³/mol. The van der Waals surface area contributed by atoms with E-state index in [1.54, 1.807) is 12.1 Å². The number of halogens is 2. The van der Waals surface area contributed by atoms with Crippen LogP contribution in [0.4, 0.5) is 21.6 Å². The van der Waals surface area contributed by atoms with Crippen molar-refractivity contribution in [1.29, 1.82) is 0 Å². The molecule has 106 valence electrons. The lowest BCUT2D eigenvalue weighted by molar-refractivity contribution is 0.234. The number of benzene rings is 1. The van der Waals surface area contributed by atoms with Crippen molar-refractivity contribution in [3.8, 4) is 5.88 Å². The van der Waals surface area contributed by atoms with Gasteiger partial charge in [0.1, 0.15) is 17.8 Å². The van der Waals surface area contributed by atoms with Crippen molar-refractivity contribution in [2.24, 2.45) is 0 Å². The normalized spacial score (nSPS) is 10.7. The van der Waals surface area contributed by atoms with E-state index in [1.807, 2.05) is 13.8 Å². The Bertz CT molecular complexity index is 621. The maximum absolute atomic E-state index is 13.8. The molecule has 0 aliphatic rings. The van der Waals surface area contributed by atoms with Crippen LogP contribution >= 0.6 is 15.9 Å². The van der Waals surface area contributed by atoms with Crippen molar-refractivity contribution >= 4 is 33.1 Å². The number of nitrogen functional groups attached to an aromatic ring is 1. The average molecular weight is 341 g/mol. The van der Waals surface area contributed by atoms with E-state index in [1.165, 1.54) is 12.4 Å². The van der Waals surface area contributed by atoms with Crippen LogP contribution in [0.1, 0.15) is 13.8 Å². The summed E-state index contributed by atoms with van der Waals surface area (Å²) in [5.74, 6) is 0.163. The van der Waals surface area contributed by atoms with Gasteiger partial charge in [0.15, 0.2) is 5.82 Å². The van der Waals surface area contributed by atoms with Gasteiger partial charge < -0.3 is 15.8 Å². The van der Waals surface area contributed by atoms with Gasteiger partial charge in [-0.2, -0.15) is 4.98 Å². The van der Waals surface area contributed by atoms with Gasteiger partial charge in [0.25, 0.3) is 0 Å². The van der Waals surface area contributed by atoms with Crippen LogP contribution in [0.3, 0.4) is 0 Å². The summed E-state index contributed by atoms with van der Waals surface area (Å²) in [6.45, 7) is 3.73. The third kappa shape index (κ3) is 3.36. The summed E-state index contributed by atoms with van der Waals surface area (Å²) in [5, 5.41) is 2.83. The van der Waals surface area contributed by atoms with Crippen LogP contribution in [0.15, 0.2) is 29.0 Å². The zero-order valence-electron chi connectivity index (χ0n) is 11.0. The molecule has 1 aromatic heterocycles. The van der Waals surface area contributed by atoms with E-state index in [9.17, 15) is 4.39 Å². The van der Waals surface area contributed by atoms with E-state index in [0.29, 0.717) is 10.3 Å². The molecule has 0 fully saturated rings. The maximum Gasteiger partial charge on any atom is 0.242 e. The first-order chi connectivity index (χ1) is 9.47. The Morgan fingerprint density at radius 3 is 2.75 bits per heavy atom. The van der Waals surface area contributed by atoms with Crippen molar-refractivity contribution < 1.29 is 9.13 Å². The number of nitrogens with zero attached hydrogens (tertiary/aromatic N) is 2. The Labute approximate surface area is 124 Å². The summed E-state index contributed by atoms with van der Waals surface area (Å²) in [4.78, 5) is 7.96. The highest BCUT2D eigenvalue weighted by molar-refractivity contribution is 9.10. The van der Waals surface area contributed by atoms with Gasteiger partial charge in [0.05, 0.1) is 11.8 Å². The van der Waals surface area contributed by atoms with Crippen LogP contribution in [0.25, 0.3) is 0 Å². The van der Waals surface area contributed by atoms with E-state index in [-0.39, 0.29) is 23.4 Å². The first-order valence-electron chi connectivity index (χ1n) is 5.96. The fraction of sp³-hybridized carbons (Fsp3) is 0.231. The Morgan fingerprint density at radius 1 is 1.35 bits per heavy atom. The first kappa shape index (κ1) is 14.5. The number of rotatable bonds is 4. The number of hydrogen-bond acceptors (Lipinski definition) is 5. The summed E-state index contributed by atoms with van der Waals surface area (Å²) in [7, 11) is 0. The zero-order valence-corrected chi connectivity index (χ0v) is 12.6. The maximum atomic E-state index is 13.8. The predicted octanol–water partition coefficient (Wildman–Crippen LogP) is 3.49. The smallest absolute Gasteiger partial charge is 0.242 e. The molecule has 0 aliphatic carbocycles. The minimum Gasteiger partial charge on any atom is -0.473 e. The van der Waals surface area contributed by atoms with Gasteiger partial charge >= 0.3 is 0 Å². The van der Waals surface area contributed by atoms with Crippen LogP contribution in [0.2, 0.25) is 0 Å². The minimum atomic E-state index is -0.413. The second kappa shape index (κ2) is 6.04. The van der Waals surface area contributed by atoms with Gasteiger partial charge in [0.2, 0.25) is 5.88 Å². The average Bonchev–Trinajstić information content (AvgIpc) is 2.36. The lowest BCUT2D eigenvalue weighted by Gasteiger charge is -2.14. The van der Waals surface area contributed by atoms with Gasteiger partial charge in [-0.1, -0.05) is 15.9 Å². The summed E-state index contributed by atoms with van der Waals surface area (Å²) in [6, 6.07) is 4.66. The Hall–Kier alpha value is -1.89. The number of aromatic nitrogens is 2. The van der Waals surface area contributed by atoms with E-state index in [2.05, 4.69) is 31.2 Å². The van der Waals surface area contributed by atoms with Crippen LogP contribution < -0.4 is 15.8 Å². The second-order valence-corrected chi connectivity index (χ2v) is 5.27. The van der Waals surface area contributed by atoms with E-state index in [0.717, 1.165) is 0 Å². The lowest BCUT2D eigenvalue weighted by Crippen LogP contribution is -2.11. The first-order valence-corrected chi connectivity index (χ1v) is 6.76. The summed E-state index contributed by atoms with van der Waals surface area (Å²) < 4.78 is 19.9. The SMILES string of the molecule is CC(C)Oc1ncnc(Nc2ccc(Br)cc2F)c1N. The van der Waals surface area contributed by atoms with Crippen molar-refractivity contribution in [2.75, 3.05) is 11.1 Å². The quantitative estimate of drug-likeness (QED) is 0.891. The van der Waals surface area contributed by atoms with E-state index < -0.39 is 5.82 Å². The summed E-state index contributed by atoms with van der Waals surface area (Å²) >= 11 is 3.20. The highest BCUT2D eigenvalue weighted by atomic mass is 79.9. The Morgan fingerprint density at radius 2 is 2.10 bits per heavy atom. The molecule has 0 aliphatic heterocycles. The molecule has 0 spiro atoms. The topological polar surface area (TPSA) is 73.1 Å². The Balaban J connectivity index is 2.29. The van der Waals surface area contributed by atoms with Gasteiger partial charge in [-0.15, -0.1) is 0 Å². The molecule has 1 heterocycles. The van der Waals surface area contributed by atoms with Gasteiger partial charge in [-0.3, -0.25) is 0 Å². The molecule has 7 heteroatoms. The molecule has 0 saturated heterocycles. The van der Waals surface area contributed by atoms with Crippen LogP contribution in [-0.4, -0.2) is 16.1 Å². The van der Waals surface area contributed by atoms with Crippen LogP contribution in [0.5, 0.6) is 5.88 Å². The molecule has 1 aromatic carbocycles. The van der Waals surface area contributed by atoms with Crippen molar-refractivity contribution in [1.82, 2.24) is 9.97 Å². The van der Waals surface area contributed by atoms with Gasteiger partial charge in [0, 0.05) is 4.47 Å². The fourth-order valence-electron chi connectivity index (χ4n) is 1.51. The highest BCUT2D eigenvalue weighted by Gasteiger charge is 2.12. The molecule has 0 saturated carbocycles. The zero-order chi connectivity index (χ0) is 14.7. The monoisotopic (exact) mass is 340 g/mol. The molecule has 20 heavy (non-hydrogen) atoms. The van der Waals surface area contributed by atoms with Gasteiger partial charge in [-0.05, 0) is 32.0 Å². The second-order valence-electron chi connectivity index (χ2n) is 4.36. The molecule has 2 rings (SSSR count). The third-order valence-corrected chi connectivity index (χ3v) is 2.87. The van der Waals surface area contributed by atoms with Gasteiger partial charge in [-0.25, -0.2) is 9.37 Å². The Kier molecular flexibility index (Phi) is 4.39. The van der Waals surface area contributed by atoms with E-state index in [4.69, 9.17) is 10.5 Å². The molecule has 0 radical (unpaired) electrons. The minimum absolute atomic E-state index is 0.0653. The third-order valence-electron chi connectivity index (χ3n) is 2.38. The number of hydrogen-bond donors (Lipinski definition) is 2. The molecule has 0 unspecified atom stereocenters. The van der Waals surface area contributed by atoms with E-state index >= 15 is 0 Å². The number of anilines is 3. The summed E-state index contributed by atoms with van der Waals surface area (Å²) in [5.41, 5.74) is 6.43. The molecule has 2 aromatic rings. The molecule has 5 nitrogen and oxygen atoms in total. The molecule has 0 atom stereocenters. The fourth-order valence-corrected chi connectivity index (χ4v) is 1.85. The highest BCUT2D eigenvalue weighted by Crippen LogP contribution is 2.29. The van der Waals surface area contributed by atoms with Crippen molar-refractivity contribution in [3.63, 3.8) is 0 Å². The van der Waals surface area contributed by atoms with Crippen molar-refractivity contribution in [3.05, 3.63) is 34.8 Å². The largest absolute Gasteiger partial charge is 0.473 e. The standard InChI is InChI=1S/C13H14BrFN4O/c1-7(2)20-13-11(16)12(17-6-18-13)19-10-4-3-8(14)5-9(10)15/h3-7H,16H2,1-2H3,(H,17,18,19). The number of nitrogens with two attached hydrogens (primary N) is 1. The molecule has 0 bridgehead atoms. The van der Waals surface area contributed by atoms with Crippen molar-refractivity contribution in [2.45, 2.75) is 20.0 Å². The lowest BCUT2D eigenvalue weighted by atomic mass is 10.3. The number of nitrogens with one attached hydrogen (secondary N) is 1. The molecule has 3 N–H and O–H groups in total. The molecular weight excluding hydrogens is 327 g/mol.